The van der Waals surface area contributed by atoms with Gasteiger partial charge in [-0.15, -0.1) is 0 Å². The monoisotopic (exact) mass is 191 g/mol. The Labute approximate surface area is 87.9 Å². The molecule has 0 unspecified atom stereocenters. The van der Waals surface area contributed by atoms with Gasteiger partial charge < -0.3 is 0 Å². The number of unbranched alkanes of at least 4 members (excludes halogenated alkanes) is 1. The lowest BCUT2D eigenvalue weighted by Gasteiger charge is -1.86. The summed E-state index contributed by atoms with van der Waals surface area (Å²) in [6, 6.07) is 0. The molecule has 0 aliphatic carbocycles. The van der Waals surface area contributed by atoms with Crippen molar-refractivity contribution in [2.24, 2.45) is 4.99 Å². The molecule has 0 aliphatic rings. The number of hydrogen-bond donors (Lipinski definition) is 0. The van der Waals surface area contributed by atoms with Crippen molar-refractivity contribution in [2.45, 2.75) is 40.0 Å². The minimum Gasteiger partial charge on any atom is -0.243 e. The van der Waals surface area contributed by atoms with Crippen molar-refractivity contribution in [1.82, 2.24) is 0 Å². The predicted octanol–water partition coefficient (Wildman–Crippen LogP) is 3.92. The molecule has 0 fully saturated rings. The molecule has 14 heavy (non-hydrogen) atoms. The highest BCUT2D eigenvalue weighted by atomic mass is 14.7. The van der Waals surface area contributed by atoms with Gasteiger partial charge in [0.15, 0.2) is 0 Å². The van der Waals surface area contributed by atoms with E-state index in [4.69, 9.17) is 0 Å². The lowest BCUT2D eigenvalue weighted by molar-refractivity contribution is 0.811. The van der Waals surface area contributed by atoms with Crippen molar-refractivity contribution in [3.05, 3.63) is 29.9 Å². The molecule has 1 nitrogen and oxygen atoms in total. The van der Waals surface area contributed by atoms with Crippen molar-refractivity contribution in [3.63, 3.8) is 0 Å². The number of nitrogens with zero attached hydrogens (tertiary/aromatic N) is 1. The Morgan fingerprint density at radius 3 is 2.79 bits per heavy atom. The van der Waals surface area contributed by atoms with Crippen molar-refractivity contribution in [3.8, 4) is 0 Å². The fraction of sp³-hybridized carbons (Fsp3) is 0.538. The molecule has 0 atom stereocenters. The van der Waals surface area contributed by atoms with Gasteiger partial charge in [0.1, 0.15) is 0 Å². The maximum absolute atomic E-state index is 4.14. The van der Waals surface area contributed by atoms with Crippen LogP contribution in [0.4, 0.5) is 0 Å². The lowest BCUT2D eigenvalue weighted by Crippen LogP contribution is -1.75. The van der Waals surface area contributed by atoms with E-state index in [1.807, 2.05) is 12.2 Å². The largest absolute Gasteiger partial charge is 0.243 e. The van der Waals surface area contributed by atoms with Crippen LogP contribution < -0.4 is 0 Å². The van der Waals surface area contributed by atoms with Gasteiger partial charge in [0.05, 0.1) is 0 Å². The van der Waals surface area contributed by atoms with Gasteiger partial charge >= 0.3 is 0 Å². The smallest absolute Gasteiger partial charge is 0.0483 e. The third kappa shape index (κ3) is 9.02. The molecule has 0 heterocycles. The molecule has 0 spiro atoms. The minimum atomic E-state index is 0.894. The highest BCUT2D eigenvalue weighted by Crippen LogP contribution is 1.95. The lowest BCUT2D eigenvalue weighted by atomic mass is 10.2. The van der Waals surface area contributed by atoms with Crippen molar-refractivity contribution in [1.29, 1.82) is 0 Å². The molecule has 0 radical (unpaired) electrons. The van der Waals surface area contributed by atoms with Crippen molar-refractivity contribution < 1.29 is 0 Å². The van der Waals surface area contributed by atoms with E-state index in [0.717, 1.165) is 19.4 Å². The second kappa shape index (κ2) is 10.0. The molecular formula is C13H21N. The van der Waals surface area contributed by atoms with Crippen LogP contribution in [0.1, 0.15) is 40.0 Å². The van der Waals surface area contributed by atoms with Gasteiger partial charge in [0.25, 0.3) is 0 Å². The summed E-state index contributed by atoms with van der Waals surface area (Å²) in [7, 11) is 0. The third-order valence-electron chi connectivity index (χ3n) is 1.75. The molecule has 1 heteroatoms. The molecule has 0 aliphatic heterocycles. The van der Waals surface area contributed by atoms with E-state index in [2.05, 4.69) is 43.8 Å². The summed E-state index contributed by atoms with van der Waals surface area (Å²) in [4.78, 5) is 4.14. The van der Waals surface area contributed by atoms with Crippen LogP contribution in [0.15, 0.2) is 34.9 Å². The third-order valence-corrected chi connectivity index (χ3v) is 1.75. The summed E-state index contributed by atoms with van der Waals surface area (Å²) in [5.74, 6) is 2.92. The molecule has 0 amide bonds. The zero-order valence-electron chi connectivity index (χ0n) is 9.59. The molecule has 0 rings (SSSR count). The second-order valence-electron chi connectivity index (χ2n) is 3.25. The van der Waals surface area contributed by atoms with E-state index in [9.17, 15) is 0 Å². The normalized spacial score (nSPS) is 11.5. The molecule has 78 valence electrons. The number of rotatable bonds is 6. The Morgan fingerprint density at radius 1 is 1.36 bits per heavy atom. The van der Waals surface area contributed by atoms with Crippen molar-refractivity contribution >= 4 is 5.87 Å². The predicted molar refractivity (Wildman–Crippen MR) is 65.0 cm³/mol. The van der Waals surface area contributed by atoms with E-state index in [1.165, 1.54) is 12.0 Å². The maximum Gasteiger partial charge on any atom is 0.0483 e. The highest BCUT2D eigenvalue weighted by molar-refractivity contribution is 5.55. The maximum atomic E-state index is 4.14. The van der Waals surface area contributed by atoms with Crippen LogP contribution in [0.25, 0.3) is 0 Å². The topological polar surface area (TPSA) is 12.4 Å². The summed E-state index contributed by atoms with van der Waals surface area (Å²) < 4.78 is 0. The van der Waals surface area contributed by atoms with Crippen molar-refractivity contribution in [2.75, 3.05) is 6.54 Å². The first-order valence-electron chi connectivity index (χ1n) is 5.39. The zero-order chi connectivity index (χ0) is 10.6. The second-order valence-corrected chi connectivity index (χ2v) is 3.25. The van der Waals surface area contributed by atoms with Crippen LogP contribution in [0, 0.1) is 0 Å². The summed E-state index contributed by atoms with van der Waals surface area (Å²) in [5.41, 5.74) is 1.24. The standard InChI is InChI=1S/C13H21N/c1-4-6-9-13(3)10-8-12-14-11-7-5-2/h6,8-10H,4-5,7,11H2,1-3H3/b9-6-,13-10-. The first-order chi connectivity index (χ1) is 6.81. The fourth-order valence-electron chi connectivity index (χ4n) is 0.882. The summed E-state index contributed by atoms with van der Waals surface area (Å²) in [6.45, 7) is 7.27. The van der Waals surface area contributed by atoms with Gasteiger partial charge in [-0.05, 0) is 31.7 Å². The molecule has 0 N–H and O–H groups in total. The van der Waals surface area contributed by atoms with Gasteiger partial charge in [-0.1, -0.05) is 44.1 Å². The van der Waals surface area contributed by atoms with Gasteiger partial charge in [0.2, 0.25) is 0 Å². The number of allylic oxidation sites excluding steroid dienone is 5. The van der Waals surface area contributed by atoms with Gasteiger partial charge in [-0.25, -0.2) is 4.99 Å². The Balaban J connectivity index is 3.88. The molecule has 0 saturated heterocycles. The first-order valence-corrected chi connectivity index (χ1v) is 5.39. The molecule has 0 aromatic rings. The van der Waals surface area contributed by atoms with Gasteiger partial charge in [0, 0.05) is 6.54 Å². The van der Waals surface area contributed by atoms with E-state index < -0.39 is 0 Å². The van der Waals surface area contributed by atoms with Crippen LogP contribution in [0.2, 0.25) is 0 Å². The van der Waals surface area contributed by atoms with Crippen LogP contribution >= 0.6 is 0 Å². The average Bonchev–Trinajstić information content (AvgIpc) is 2.20. The summed E-state index contributed by atoms with van der Waals surface area (Å²) in [5, 5.41) is 0. The zero-order valence-corrected chi connectivity index (χ0v) is 9.59. The Bertz CT molecular complexity index is 240. The number of aliphatic imine (C=N–C) groups is 1. The van der Waals surface area contributed by atoms with Gasteiger partial charge in [-0.2, -0.15) is 0 Å². The van der Waals surface area contributed by atoms with Crippen LogP contribution in [-0.4, -0.2) is 12.4 Å². The molecule has 0 saturated carbocycles. The SMILES string of the molecule is CC/C=C\C(C)=C/C=C=NCCCC. The minimum absolute atomic E-state index is 0.894. The van der Waals surface area contributed by atoms with Crippen LogP contribution in [0.3, 0.4) is 0 Å². The average molecular weight is 191 g/mol. The fourth-order valence-corrected chi connectivity index (χ4v) is 0.882. The van der Waals surface area contributed by atoms with Crippen LogP contribution in [-0.2, 0) is 0 Å². The van der Waals surface area contributed by atoms with Gasteiger partial charge in [-0.3, -0.25) is 0 Å². The highest BCUT2D eigenvalue weighted by Gasteiger charge is 1.77. The molecule has 0 aromatic carbocycles. The summed E-state index contributed by atoms with van der Waals surface area (Å²) >= 11 is 0. The quantitative estimate of drug-likeness (QED) is 0.343. The van der Waals surface area contributed by atoms with E-state index in [0.29, 0.717) is 0 Å². The molecule has 0 bridgehead atoms. The molecule has 0 aromatic heterocycles. The number of hydrogen-bond acceptors (Lipinski definition) is 1. The Hall–Kier alpha value is -1.07. The van der Waals surface area contributed by atoms with E-state index in [-0.39, 0.29) is 0 Å². The Morgan fingerprint density at radius 2 is 2.14 bits per heavy atom. The summed E-state index contributed by atoms with van der Waals surface area (Å²) in [6.07, 6.45) is 11.6. The van der Waals surface area contributed by atoms with Crippen LogP contribution in [0.5, 0.6) is 0 Å². The van der Waals surface area contributed by atoms with E-state index in [1.54, 1.807) is 0 Å². The first kappa shape index (κ1) is 12.9. The Kier molecular flexibility index (Phi) is 9.25. The molecular weight excluding hydrogens is 170 g/mol. The van der Waals surface area contributed by atoms with E-state index >= 15 is 0 Å².